The number of fused-ring (bicyclic) bond motifs is 3. The Bertz CT molecular complexity index is 825. The molecule has 0 radical (unpaired) electrons. The van der Waals surface area contributed by atoms with E-state index in [2.05, 4.69) is 31.8 Å². The molecule has 102 valence electrons. The third-order valence-electron chi connectivity index (χ3n) is 3.45. The average molecular weight is 268 g/mol. The standard InChI is InChI=1S/C16H16N2O2/c1-16(2,3)13-8-10-6-4-5-7-11(10)14-17-12(15(19)20)9-18(13)14/h4-9H,1-3H3,(H,19,20). The van der Waals surface area contributed by atoms with Crippen LogP contribution in [0.3, 0.4) is 0 Å². The Kier molecular flexibility index (Phi) is 2.57. The summed E-state index contributed by atoms with van der Waals surface area (Å²) in [6.45, 7) is 6.32. The quantitative estimate of drug-likeness (QED) is 0.735. The molecule has 1 N–H and O–H groups in total. The Balaban J connectivity index is 2.51. The third kappa shape index (κ3) is 1.84. The average Bonchev–Trinajstić information content (AvgIpc) is 2.81. The van der Waals surface area contributed by atoms with E-state index in [1.165, 1.54) is 0 Å². The van der Waals surface area contributed by atoms with E-state index >= 15 is 0 Å². The van der Waals surface area contributed by atoms with Crippen molar-refractivity contribution in [2.75, 3.05) is 0 Å². The van der Waals surface area contributed by atoms with Crippen molar-refractivity contribution in [1.82, 2.24) is 9.38 Å². The Morgan fingerprint density at radius 1 is 1.25 bits per heavy atom. The first-order valence-electron chi connectivity index (χ1n) is 6.52. The first-order valence-corrected chi connectivity index (χ1v) is 6.52. The summed E-state index contributed by atoms with van der Waals surface area (Å²) >= 11 is 0. The van der Waals surface area contributed by atoms with Gasteiger partial charge in [-0.1, -0.05) is 45.0 Å². The Labute approximate surface area is 116 Å². The molecule has 0 aliphatic heterocycles. The number of aromatic carboxylic acids is 1. The van der Waals surface area contributed by atoms with Crippen molar-refractivity contribution in [3.8, 4) is 0 Å². The largest absolute Gasteiger partial charge is 0.476 e. The van der Waals surface area contributed by atoms with Crippen molar-refractivity contribution < 1.29 is 9.90 Å². The van der Waals surface area contributed by atoms with Crippen LogP contribution in [0.25, 0.3) is 16.4 Å². The van der Waals surface area contributed by atoms with Crippen LogP contribution >= 0.6 is 0 Å². The van der Waals surface area contributed by atoms with Crippen molar-refractivity contribution in [3.05, 3.63) is 47.9 Å². The summed E-state index contributed by atoms with van der Waals surface area (Å²) < 4.78 is 1.89. The van der Waals surface area contributed by atoms with Gasteiger partial charge in [0.1, 0.15) is 5.65 Å². The fourth-order valence-corrected chi connectivity index (χ4v) is 2.48. The zero-order valence-corrected chi connectivity index (χ0v) is 11.7. The van der Waals surface area contributed by atoms with Crippen LogP contribution in [0, 0.1) is 0 Å². The number of carboxylic acid groups (broad SMARTS) is 1. The molecule has 4 nitrogen and oxygen atoms in total. The highest BCUT2D eigenvalue weighted by Crippen LogP contribution is 2.29. The maximum Gasteiger partial charge on any atom is 0.356 e. The molecule has 20 heavy (non-hydrogen) atoms. The summed E-state index contributed by atoms with van der Waals surface area (Å²) in [5.41, 5.74) is 1.72. The van der Waals surface area contributed by atoms with Gasteiger partial charge in [0.2, 0.25) is 0 Å². The van der Waals surface area contributed by atoms with E-state index in [9.17, 15) is 9.90 Å². The fourth-order valence-electron chi connectivity index (χ4n) is 2.48. The second-order valence-corrected chi connectivity index (χ2v) is 5.99. The van der Waals surface area contributed by atoms with Gasteiger partial charge in [-0.05, 0) is 11.5 Å². The number of hydrogen-bond acceptors (Lipinski definition) is 2. The lowest BCUT2D eigenvalue weighted by molar-refractivity contribution is 0.0691. The highest BCUT2D eigenvalue weighted by atomic mass is 16.4. The summed E-state index contributed by atoms with van der Waals surface area (Å²) in [5, 5.41) is 11.2. The van der Waals surface area contributed by atoms with E-state index in [0.29, 0.717) is 5.65 Å². The number of carbonyl (C=O) groups is 1. The first kappa shape index (κ1) is 12.7. The monoisotopic (exact) mass is 268 g/mol. The minimum atomic E-state index is -1.00. The Morgan fingerprint density at radius 2 is 1.95 bits per heavy atom. The van der Waals surface area contributed by atoms with Gasteiger partial charge >= 0.3 is 5.97 Å². The number of pyridine rings is 1. The minimum Gasteiger partial charge on any atom is -0.476 e. The van der Waals surface area contributed by atoms with Crippen molar-refractivity contribution in [3.63, 3.8) is 0 Å². The molecule has 0 amide bonds. The van der Waals surface area contributed by atoms with Gasteiger partial charge < -0.3 is 9.51 Å². The smallest absolute Gasteiger partial charge is 0.356 e. The van der Waals surface area contributed by atoms with E-state index in [4.69, 9.17) is 0 Å². The van der Waals surface area contributed by atoms with Gasteiger partial charge in [-0.25, -0.2) is 9.78 Å². The molecule has 2 aromatic heterocycles. The molecule has 3 rings (SSSR count). The van der Waals surface area contributed by atoms with E-state index in [-0.39, 0.29) is 11.1 Å². The van der Waals surface area contributed by atoms with Gasteiger partial charge in [-0.3, -0.25) is 0 Å². The maximum absolute atomic E-state index is 11.2. The molecule has 0 atom stereocenters. The van der Waals surface area contributed by atoms with Gasteiger partial charge in [0.25, 0.3) is 0 Å². The lowest BCUT2D eigenvalue weighted by Crippen LogP contribution is -2.16. The predicted octanol–water partition coefficient (Wildman–Crippen LogP) is 3.48. The van der Waals surface area contributed by atoms with E-state index in [1.54, 1.807) is 6.20 Å². The Hall–Kier alpha value is -2.36. The normalized spacial score (nSPS) is 12.2. The van der Waals surface area contributed by atoms with Gasteiger partial charge in [-0.2, -0.15) is 0 Å². The number of aromatic nitrogens is 2. The maximum atomic E-state index is 11.2. The van der Waals surface area contributed by atoms with Crippen LogP contribution in [0.1, 0.15) is 37.0 Å². The molecule has 2 heterocycles. The first-order chi connectivity index (χ1) is 9.38. The van der Waals surface area contributed by atoms with E-state index < -0.39 is 5.97 Å². The molecule has 0 aliphatic rings. The number of imidazole rings is 1. The summed E-state index contributed by atoms with van der Waals surface area (Å²) in [4.78, 5) is 15.5. The number of nitrogens with zero attached hydrogens (tertiary/aromatic N) is 2. The van der Waals surface area contributed by atoms with Gasteiger partial charge in [0.05, 0.1) is 0 Å². The number of carboxylic acids is 1. The molecule has 0 aliphatic carbocycles. The van der Waals surface area contributed by atoms with Crippen LogP contribution in [0.5, 0.6) is 0 Å². The molecular weight excluding hydrogens is 252 g/mol. The SMILES string of the molecule is CC(C)(C)c1cc2ccccc2c2nc(C(=O)O)cn12. The molecule has 4 heteroatoms. The molecule has 3 aromatic rings. The van der Waals surface area contributed by atoms with Crippen molar-refractivity contribution in [2.24, 2.45) is 0 Å². The van der Waals surface area contributed by atoms with Crippen LogP contribution < -0.4 is 0 Å². The summed E-state index contributed by atoms with van der Waals surface area (Å²) in [7, 11) is 0. The van der Waals surface area contributed by atoms with Crippen molar-refractivity contribution in [2.45, 2.75) is 26.2 Å². The van der Waals surface area contributed by atoms with Crippen LogP contribution in [0.2, 0.25) is 0 Å². The minimum absolute atomic E-state index is 0.0758. The van der Waals surface area contributed by atoms with Crippen molar-refractivity contribution >= 4 is 22.4 Å². The highest BCUT2D eigenvalue weighted by molar-refractivity contribution is 5.96. The lowest BCUT2D eigenvalue weighted by Gasteiger charge is -2.21. The number of rotatable bonds is 1. The van der Waals surface area contributed by atoms with Crippen LogP contribution in [0.4, 0.5) is 0 Å². The van der Waals surface area contributed by atoms with Crippen LogP contribution in [-0.2, 0) is 5.41 Å². The molecular formula is C16H16N2O2. The third-order valence-corrected chi connectivity index (χ3v) is 3.45. The fraction of sp³-hybridized carbons (Fsp3) is 0.250. The molecule has 0 saturated carbocycles. The second kappa shape index (κ2) is 4.07. The van der Waals surface area contributed by atoms with Crippen molar-refractivity contribution in [1.29, 1.82) is 0 Å². The highest BCUT2D eigenvalue weighted by Gasteiger charge is 2.21. The van der Waals surface area contributed by atoms with Crippen LogP contribution in [0.15, 0.2) is 36.5 Å². The van der Waals surface area contributed by atoms with E-state index in [1.807, 2.05) is 28.7 Å². The molecule has 0 spiro atoms. The van der Waals surface area contributed by atoms with Gasteiger partial charge in [-0.15, -0.1) is 0 Å². The molecule has 0 fully saturated rings. The molecule has 0 unspecified atom stereocenters. The summed E-state index contributed by atoms with van der Waals surface area (Å²) in [6, 6.07) is 10.0. The molecule has 1 aromatic carbocycles. The Morgan fingerprint density at radius 3 is 2.60 bits per heavy atom. The zero-order chi connectivity index (χ0) is 14.5. The predicted molar refractivity (Wildman–Crippen MR) is 78.4 cm³/mol. The van der Waals surface area contributed by atoms with Crippen LogP contribution in [-0.4, -0.2) is 20.5 Å². The summed E-state index contributed by atoms with van der Waals surface area (Å²) in [5.74, 6) is -1.00. The number of benzene rings is 1. The summed E-state index contributed by atoms with van der Waals surface area (Å²) in [6.07, 6.45) is 1.60. The molecule has 0 bridgehead atoms. The number of hydrogen-bond donors (Lipinski definition) is 1. The van der Waals surface area contributed by atoms with Gasteiger partial charge in [0.15, 0.2) is 5.69 Å². The van der Waals surface area contributed by atoms with E-state index in [0.717, 1.165) is 16.5 Å². The zero-order valence-electron chi connectivity index (χ0n) is 11.7. The van der Waals surface area contributed by atoms with Gasteiger partial charge in [0, 0.05) is 22.7 Å². The molecule has 0 saturated heterocycles. The topological polar surface area (TPSA) is 54.6 Å². The second-order valence-electron chi connectivity index (χ2n) is 5.99. The lowest BCUT2D eigenvalue weighted by atomic mass is 9.90.